The predicted octanol–water partition coefficient (Wildman–Crippen LogP) is 2.99. The number of methoxy groups -OCH3 is 1. The molecule has 1 aromatic carbocycles. The van der Waals surface area contributed by atoms with Gasteiger partial charge in [-0.15, -0.1) is 0 Å². The standard InChI is InChI=1S/C23H28N2O5/c1-28-23(27)15-3-2-4-19(7-15)29-22-9-17-12-25(11-16(17)8-20(22)26)13-18-10-21(30-24-18)14-5-6-14/h2-4,7,10,14,16-17,20,22,26H,5-6,8-9,11-13H2,1H3/t16-,17+,20+,22+/m0/s1. The quantitative estimate of drug-likeness (QED) is 0.730. The minimum absolute atomic E-state index is 0.271. The second kappa shape index (κ2) is 8.04. The Labute approximate surface area is 175 Å². The van der Waals surface area contributed by atoms with Gasteiger partial charge in [0.15, 0.2) is 0 Å². The number of hydrogen-bond donors (Lipinski definition) is 1. The maximum absolute atomic E-state index is 11.8. The Bertz CT molecular complexity index is 909. The van der Waals surface area contributed by atoms with Gasteiger partial charge in [-0.2, -0.15) is 0 Å². The summed E-state index contributed by atoms with van der Waals surface area (Å²) >= 11 is 0. The monoisotopic (exact) mass is 412 g/mol. The van der Waals surface area contributed by atoms with Crippen LogP contribution in [0, 0.1) is 11.8 Å². The van der Waals surface area contributed by atoms with Gasteiger partial charge in [-0.1, -0.05) is 11.2 Å². The molecule has 1 N–H and O–H groups in total. The maximum atomic E-state index is 11.8. The van der Waals surface area contributed by atoms with Gasteiger partial charge in [-0.25, -0.2) is 4.79 Å². The lowest BCUT2D eigenvalue weighted by molar-refractivity contribution is -0.0231. The third kappa shape index (κ3) is 4.09. The van der Waals surface area contributed by atoms with Crippen LogP contribution in [-0.2, 0) is 11.3 Å². The van der Waals surface area contributed by atoms with Crippen LogP contribution in [0.5, 0.6) is 5.75 Å². The Hall–Kier alpha value is -2.38. The van der Waals surface area contributed by atoms with Crippen LogP contribution in [0.1, 0.15) is 53.4 Å². The molecule has 2 aliphatic carbocycles. The molecule has 0 radical (unpaired) electrons. The molecule has 160 valence electrons. The number of carbonyl (C=O) groups is 1. The van der Waals surface area contributed by atoms with Crippen molar-refractivity contribution < 1.29 is 23.9 Å². The van der Waals surface area contributed by atoms with Crippen molar-refractivity contribution >= 4 is 5.97 Å². The normalized spacial score (nSPS) is 28.9. The minimum atomic E-state index is -0.512. The van der Waals surface area contributed by atoms with Crippen LogP contribution < -0.4 is 4.74 Å². The zero-order valence-electron chi connectivity index (χ0n) is 17.2. The summed E-state index contributed by atoms with van der Waals surface area (Å²) < 4.78 is 16.4. The number of benzene rings is 1. The first-order valence-electron chi connectivity index (χ1n) is 10.8. The van der Waals surface area contributed by atoms with E-state index in [2.05, 4.69) is 16.1 Å². The summed E-state index contributed by atoms with van der Waals surface area (Å²) in [6.45, 7) is 2.75. The Balaban J connectivity index is 1.20. The lowest BCUT2D eigenvalue weighted by atomic mass is 9.78. The Kier molecular flexibility index (Phi) is 5.25. The molecule has 0 bridgehead atoms. The first-order chi connectivity index (χ1) is 14.6. The van der Waals surface area contributed by atoms with Crippen LogP contribution in [0.3, 0.4) is 0 Å². The molecule has 2 aromatic rings. The summed E-state index contributed by atoms with van der Waals surface area (Å²) in [5.74, 6) is 2.75. The third-order valence-electron chi connectivity index (χ3n) is 6.65. The van der Waals surface area contributed by atoms with Crippen molar-refractivity contribution in [2.24, 2.45) is 11.8 Å². The fourth-order valence-electron chi connectivity index (χ4n) is 4.92. The fraction of sp³-hybridized carbons (Fsp3) is 0.565. The van der Waals surface area contributed by atoms with Crippen molar-refractivity contribution in [2.75, 3.05) is 20.2 Å². The Morgan fingerprint density at radius 3 is 2.80 bits per heavy atom. The van der Waals surface area contributed by atoms with E-state index in [9.17, 15) is 9.90 Å². The first-order valence-corrected chi connectivity index (χ1v) is 10.8. The highest BCUT2D eigenvalue weighted by Crippen LogP contribution is 2.41. The Morgan fingerprint density at radius 1 is 1.23 bits per heavy atom. The lowest BCUT2D eigenvalue weighted by Crippen LogP contribution is -2.42. The maximum Gasteiger partial charge on any atom is 0.337 e. The average molecular weight is 412 g/mol. The number of carbonyl (C=O) groups excluding carboxylic acids is 1. The zero-order chi connectivity index (χ0) is 20.7. The third-order valence-corrected chi connectivity index (χ3v) is 6.65. The van der Waals surface area contributed by atoms with E-state index in [0.717, 1.165) is 43.9 Å². The van der Waals surface area contributed by atoms with Crippen molar-refractivity contribution in [1.29, 1.82) is 0 Å². The van der Waals surface area contributed by atoms with E-state index >= 15 is 0 Å². The van der Waals surface area contributed by atoms with E-state index in [1.54, 1.807) is 18.2 Å². The number of aromatic nitrogens is 1. The van der Waals surface area contributed by atoms with Crippen molar-refractivity contribution in [2.45, 2.75) is 50.4 Å². The van der Waals surface area contributed by atoms with Crippen LogP contribution in [0.15, 0.2) is 34.9 Å². The predicted molar refractivity (Wildman–Crippen MR) is 108 cm³/mol. The summed E-state index contributed by atoms with van der Waals surface area (Å²) in [6.07, 6.45) is 3.18. The van der Waals surface area contributed by atoms with Crippen molar-refractivity contribution in [1.82, 2.24) is 10.1 Å². The Morgan fingerprint density at radius 2 is 2.03 bits per heavy atom. The number of aliphatic hydroxyl groups excluding tert-OH is 1. The number of likely N-dealkylation sites (tertiary alicyclic amines) is 1. The van der Waals surface area contributed by atoms with Gasteiger partial charge in [-0.05, 0) is 55.7 Å². The number of fused-ring (bicyclic) bond motifs is 1. The molecule has 3 aliphatic rings. The molecule has 30 heavy (non-hydrogen) atoms. The topological polar surface area (TPSA) is 85.0 Å². The zero-order valence-corrected chi connectivity index (χ0v) is 17.2. The molecule has 5 rings (SSSR count). The van der Waals surface area contributed by atoms with E-state index in [4.69, 9.17) is 14.0 Å². The number of rotatable bonds is 6. The van der Waals surface area contributed by atoms with Gasteiger partial charge in [-0.3, -0.25) is 4.90 Å². The molecule has 4 atom stereocenters. The summed E-state index contributed by atoms with van der Waals surface area (Å²) in [5, 5.41) is 14.9. The molecule has 3 fully saturated rings. The van der Waals surface area contributed by atoms with Crippen LogP contribution >= 0.6 is 0 Å². The van der Waals surface area contributed by atoms with Crippen molar-refractivity contribution in [3.8, 4) is 5.75 Å². The number of esters is 1. The summed E-state index contributed by atoms with van der Waals surface area (Å²) in [6, 6.07) is 9.06. The highest BCUT2D eigenvalue weighted by atomic mass is 16.5. The molecular weight excluding hydrogens is 384 g/mol. The van der Waals surface area contributed by atoms with Crippen LogP contribution in [0.4, 0.5) is 0 Å². The fourth-order valence-corrected chi connectivity index (χ4v) is 4.92. The van der Waals surface area contributed by atoms with Gasteiger partial charge in [0, 0.05) is 31.6 Å². The molecule has 2 heterocycles. The lowest BCUT2D eigenvalue weighted by Gasteiger charge is -2.35. The van der Waals surface area contributed by atoms with Crippen LogP contribution in [0.25, 0.3) is 0 Å². The number of hydrogen-bond acceptors (Lipinski definition) is 7. The summed E-state index contributed by atoms with van der Waals surface area (Å²) in [4.78, 5) is 14.2. The SMILES string of the molecule is COC(=O)c1cccc(O[C@@H]2C[C@@H]3CN(Cc4cc(C5CC5)on4)C[C@@H]3C[C@H]2O)c1. The van der Waals surface area contributed by atoms with Gasteiger partial charge in [0.1, 0.15) is 17.6 Å². The number of ether oxygens (including phenoxy) is 2. The van der Waals surface area contributed by atoms with E-state index in [1.165, 1.54) is 20.0 Å². The van der Waals surface area contributed by atoms with E-state index in [-0.39, 0.29) is 6.10 Å². The molecule has 0 unspecified atom stereocenters. The minimum Gasteiger partial charge on any atom is -0.488 e. The van der Waals surface area contributed by atoms with Crippen molar-refractivity contribution in [3.63, 3.8) is 0 Å². The second-order valence-electron chi connectivity index (χ2n) is 8.92. The van der Waals surface area contributed by atoms with Gasteiger partial charge < -0.3 is 19.1 Å². The van der Waals surface area contributed by atoms with Gasteiger partial charge in [0.05, 0.1) is 24.5 Å². The highest BCUT2D eigenvalue weighted by molar-refractivity contribution is 5.89. The summed E-state index contributed by atoms with van der Waals surface area (Å²) in [7, 11) is 1.36. The molecule has 1 aliphatic heterocycles. The molecule has 7 nitrogen and oxygen atoms in total. The highest BCUT2D eigenvalue weighted by Gasteiger charge is 2.43. The van der Waals surface area contributed by atoms with E-state index in [1.807, 2.05) is 6.07 Å². The van der Waals surface area contributed by atoms with Crippen molar-refractivity contribution in [3.05, 3.63) is 47.3 Å². The molecule has 2 saturated carbocycles. The number of nitrogens with zero attached hydrogens (tertiary/aromatic N) is 2. The van der Waals surface area contributed by atoms with Gasteiger partial charge in [0.2, 0.25) is 0 Å². The first kappa shape index (κ1) is 19.6. The van der Waals surface area contributed by atoms with Crippen LogP contribution in [-0.4, -0.2) is 53.5 Å². The molecular formula is C23H28N2O5. The molecule has 1 saturated heterocycles. The molecule has 0 spiro atoms. The van der Waals surface area contributed by atoms with Gasteiger partial charge in [0.25, 0.3) is 0 Å². The average Bonchev–Trinajstić information content (AvgIpc) is 3.38. The molecule has 1 aromatic heterocycles. The molecule has 0 amide bonds. The van der Waals surface area contributed by atoms with E-state index < -0.39 is 12.1 Å². The van der Waals surface area contributed by atoms with Gasteiger partial charge >= 0.3 is 5.97 Å². The van der Waals surface area contributed by atoms with Crippen LogP contribution in [0.2, 0.25) is 0 Å². The smallest absolute Gasteiger partial charge is 0.337 e. The number of aliphatic hydroxyl groups is 1. The largest absolute Gasteiger partial charge is 0.488 e. The second-order valence-corrected chi connectivity index (χ2v) is 8.92. The molecule has 7 heteroatoms. The van der Waals surface area contributed by atoms with E-state index in [0.29, 0.717) is 29.1 Å². The summed E-state index contributed by atoms with van der Waals surface area (Å²) in [5.41, 5.74) is 1.45.